The number of methoxy groups -OCH3 is 1. The Morgan fingerprint density at radius 2 is 1.90 bits per heavy atom. The number of hydrogen-bond donors (Lipinski definition) is 1. The standard InChI is InChI=1S/C23H24ClN3O4/c1-30-21(28)14-19(15-6-8-17(24)9-7-15)25-22(29)16-10-12-27(13-11-16)23-26-18-4-2-3-5-20(18)31-23/h2-9,16,19H,10-14H2,1H3,(H,25,29). The van der Waals surface area contributed by atoms with Crippen molar-refractivity contribution in [3.63, 3.8) is 0 Å². The summed E-state index contributed by atoms with van der Waals surface area (Å²) >= 11 is 5.97. The molecule has 1 aliphatic heterocycles. The van der Waals surface area contributed by atoms with Crippen molar-refractivity contribution in [2.75, 3.05) is 25.1 Å². The molecule has 0 saturated carbocycles. The number of amides is 1. The van der Waals surface area contributed by atoms with Gasteiger partial charge in [-0.3, -0.25) is 9.59 Å². The summed E-state index contributed by atoms with van der Waals surface area (Å²) in [5.41, 5.74) is 2.39. The van der Waals surface area contributed by atoms with Gasteiger partial charge in [-0.15, -0.1) is 0 Å². The van der Waals surface area contributed by atoms with E-state index in [4.69, 9.17) is 20.8 Å². The van der Waals surface area contributed by atoms with E-state index in [2.05, 4.69) is 15.2 Å². The van der Waals surface area contributed by atoms with Gasteiger partial charge in [0.1, 0.15) is 5.52 Å². The zero-order chi connectivity index (χ0) is 21.8. The summed E-state index contributed by atoms with van der Waals surface area (Å²) < 4.78 is 10.6. The monoisotopic (exact) mass is 441 g/mol. The molecule has 4 rings (SSSR count). The van der Waals surface area contributed by atoms with E-state index in [-0.39, 0.29) is 24.2 Å². The highest BCUT2D eigenvalue weighted by Gasteiger charge is 2.29. The highest BCUT2D eigenvalue weighted by Crippen LogP contribution is 2.27. The topological polar surface area (TPSA) is 84.7 Å². The number of para-hydroxylation sites is 2. The van der Waals surface area contributed by atoms with Gasteiger partial charge in [-0.05, 0) is 42.7 Å². The minimum absolute atomic E-state index is 0.0611. The number of benzene rings is 2. The number of halogens is 1. The minimum Gasteiger partial charge on any atom is -0.469 e. The van der Waals surface area contributed by atoms with Crippen molar-refractivity contribution < 1.29 is 18.7 Å². The van der Waals surface area contributed by atoms with Crippen molar-refractivity contribution in [1.29, 1.82) is 0 Å². The molecule has 0 bridgehead atoms. The molecule has 1 atom stereocenters. The molecule has 2 heterocycles. The fourth-order valence-electron chi connectivity index (χ4n) is 3.82. The largest absolute Gasteiger partial charge is 0.469 e. The second-order valence-electron chi connectivity index (χ2n) is 7.62. The summed E-state index contributed by atoms with van der Waals surface area (Å²) in [7, 11) is 1.34. The molecule has 1 aliphatic rings. The molecule has 0 spiro atoms. The van der Waals surface area contributed by atoms with Crippen molar-refractivity contribution in [3.8, 4) is 0 Å². The van der Waals surface area contributed by atoms with Gasteiger partial charge in [0.25, 0.3) is 6.01 Å². The third-order valence-electron chi connectivity index (χ3n) is 5.61. The average Bonchev–Trinajstić information content (AvgIpc) is 3.23. The van der Waals surface area contributed by atoms with Gasteiger partial charge in [0.15, 0.2) is 5.58 Å². The first-order valence-corrected chi connectivity index (χ1v) is 10.6. The van der Waals surface area contributed by atoms with Crippen LogP contribution in [0.1, 0.15) is 30.9 Å². The minimum atomic E-state index is -0.465. The van der Waals surface area contributed by atoms with Gasteiger partial charge in [-0.1, -0.05) is 35.9 Å². The van der Waals surface area contributed by atoms with Crippen LogP contribution in [-0.2, 0) is 14.3 Å². The van der Waals surface area contributed by atoms with Gasteiger partial charge in [0.2, 0.25) is 5.91 Å². The highest BCUT2D eigenvalue weighted by atomic mass is 35.5. The van der Waals surface area contributed by atoms with Gasteiger partial charge >= 0.3 is 5.97 Å². The van der Waals surface area contributed by atoms with E-state index < -0.39 is 6.04 Å². The number of aromatic nitrogens is 1. The van der Waals surface area contributed by atoms with Crippen molar-refractivity contribution in [2.45, 2.75) is 25.3 Å². The van der Waals surface area contributed by atoms with E-state index in [1.165, 1.54) is 7.11 Å². The fraction of sp³-hybridized carbons (Fsp3) is 0.348. The van der Waals surface area contributed by atoms with E-state index in [0.29, 0.717) is 37.0 Å². The van der Waals surface area contributed by atoms with E-state index >= 15 is 0 Å². The molecular weight excluding hydrogens is 418 g/mol. The Bertz CT molecular complexity index is 1030. The summed E-state index contributed by atoms with van der Waals surface area (Å²) in [6, 6.07) is 14.9. The van der Waals surface area contributed by atoms with E-state index in [0.717, 1.165) is 16.7 Å². The SMILES string of the molecule is COC(=O)CC(NC(=O)C1CCN(c2nc3ccccc3o2)CC1)c1ccc(Cl)cc1. The molecule has 3 aromatic rings. The molecule has 1 amide bonds. The number of carbonyl (C=O) groups excluding carboxylic acids is 2. The zero-order valence-corrected chi connectivity index (χ0v) is 18.0. The zero-order valence-electron chi connectivity index (χ0n) is 17.2. The number of fused-ring (bicyclic) bond motifs is 1. The number of rotatable bonds is 6. The van der Waals surface area contributed by atoms with Crippen molar-refractivity contribution >= 4 is 40.6 Å². The average molecular weight is 442 g/mol. The molecule has 31 heavy (non-hydrogen) atoms. The molecule has 8 heteroatoms. The predicted molar refractivity (Wildman–Crippen MR) is 118 cm³/mol. The maximum atomic E-state index is 13.0. The Hall–Kier alpha value is -3.06. The van der Waals surface area contributed by atoms with E-state index in [1.807, 2.05) is 36.4 Å². The Morgan fingerprint density at radius 1 is 1.19 bits per heavy atom. The maximum Gasteiger partial charge on any atom is 0.307 e. The smallest absolute Gasteiger partial charge is 0.307 e. The van der Waals surface area contributed by atoms with Gasteiger partial charge in [-0.2, -0.15) is 4.98 Å². The first kappa shape index (κ1) is 21.2. The number of oxazole rings is 1. The van der Waals surface area contributed by atoms with Crippen LogP contribution in [0.15, 0.2) is 52.9 Å². The second kappa shape index (κ2) is 9.39. The molecule has 1 saturated heterocycles. The number of nitrogens with one attached hydrogen (secondary N) is 1. The second-order valence-corrected chi connectivity index (χ2v) is 8.05. The molecule has 2 aromatic carbocycles. The number of carbonyl (C=O) groups is 2. The van der Waals surface area contributed by atoms with Crippen molar-refractivity contribution in [2.24, 2.45) is 5.92 Å². The lowest BCUT2D eigenvalue weighted by Crippen LogP contribution is -2.42. The van der Waals surface area contributed by atoms with Gasteiger partial charge in [-0.25, -0.2) is 0 Å². The molecule has 7 nitrogen and oxygen atoms in total. The van der Waals surface area contributed by atoms with Crippen LogP contribution in [-0.4, -0.2) is 37.1 Å². The molecule has 162 valence electrons. The number of anilines is 1. The van der Waals surface area contributed by atoms with Crippen molar-refractivity contribution in [3.05, 3.63) is 59.1 Å². The van der Waals surface area contributed by atoms with Crippen LogP contribution < -0.4 is 10.2 Å². The van der Waals surface area contributed by atoms with E-state index in [1.54, 1.807) is 12.1 Å². The predicted octanol–water partition coefficient (Wildman–Crippen LogP) is 4.12. The van der Waals surface area contributed by atoms with E-state index in [9.17, 15) is 9.59 Å². The first-order chi connectivity index (χ1) is 15.0. The van der Waals surface area contributed by atoms with Crippen LogP contribution >= 0.6 is 11.6 Å². The third-order valence-corrected chi connectivity index (χ3v) is 5.86. The van der Waals surface area contributed by atoms with Crippen LogP contribution in [0.2, 0.25) is 5.02 Å². The summed E-state index contributed by atoms with van der Waals surface area (Å²) in [5.74, 6) is -0.597. The molecule has 1 unspecified atom stereocenters. The lowest BCUT2D eigenvalue weighted by Gasteiger charge is -2.31. The van der Waals surface area contributed by atoms with Crippen LogP contribution in [0.4, 0.5) is 6.01 Å². The van der Waals surface area contributed by atoms with Crippen LogP contribution in [0.25, 0.3) is 11.1 Å². The number of hydrogen-bond acceptors (Lipinski definition) is 6. The molecule has 1 aromatic heterocycles. The Balaban J connectivity index is 1.39. The third kappa shape index (κ3) is 4.99. The molecule has 0 radical (unpaired) electrons. The summed E-state index contributed by atoms with van der Waals surface area (Å²) in [4.78, 5) is 31.4. The Kier molecular flexibility index (Phi) is 6.42. The number of piperidine rings is 1. The lowest BCUT2D eigenvalue weighted by atomic mass is 9.94. The van der Waals surface area contributed by atoms with Gasteiger partial charge < -0.3 is 19.4 Å². The van der Waals surface area contributed by atoms with Crippen LogP contribution in [0.3, 0.4) is 0 Å². The van der Waals surface area contributed by atoms with Crippen molar-refractivity contribution in [1.82, 2.24) is 10.3 Å². The quantitative estimate of drug-likeness (QED) is 0.579. The van der Waals surface area contributed by atoms with Crippen LogP contribution in [0, 0.1) is 5.92 Å². The fourth-order valence-corrected chi connectivity index (χ4v) is 3.94. The molecule has 0 aliphatic carbocycles. The number of ether oxygens (including phenoxy) is 1. The highest BCUT2D eigenvalue weighted by molar-refractivity contribution is 6.30. The maximum absolute atomic E-state index is 13.0. The number of nitrogens with zero attached hydrogens (tertiary/aromatic N) is 2. The summed E-state index contributed by atoms with van der Waals surface area (Å²) in [6.07, 6.45) is 1.41. The first-order valence-electron chi connectivity index (χ1n) is 10.3. The summed E-state index contributed by atoms with van der Waals surface area (Å²) in [5, 5.41) is 3.62. The normalized spacial score (nSPS) is 15.6. The summed E-state index contributed by atoms with van der Waals surface area (Å²) in [6.45, 7) is 1.35. The Labute approximate surface area is 185 Å². The van der Waals surface area contributed by atoms with Gasteiger partial charge in [0.05, 0.1) is 19.6 Å². The molecule has 1 N–H and O–H groups in total. The lowest BCUT2D eigenvalue weighted by molar-refractivity contribution is -0.141. The number of esters is 1. The molecule has 1 fully saturated rings. The van der Waals surface area contributed by atoms with Gasteiger partial charge in [0, 0.05) is 24.0 Å². The Morgan fingerprint density at radius 3 is 2.58 bits per heavy atom. The van der Waals surface area contributed by atoms with Crippen LogP contribution in [0.5, 0.6) is 0 Å². The molecular formula is C23H24ClN3O4.